The Labute approximate surface area is 101 Å². The van der Waals surface area contributed by atoms with Gasteiger partial charge in [-0.15, -0.1) is 0 Å². The second kappa shape index (κ2) is 5.00. The zero-order valence-electron chi connectivity index (χ0n) is 9.90. The van der Waals surface area contributed by atoms with Crippen LogP contribution in [-0.4, -0.2) is 5.97 Å². The Balaban J connectivity index is 2.59. The molecule has 17 heavy (non-hydrogen) atoms. The molecule has 0 N–H and O–H groups in total. The molecule has 0 aromatic heterocycles. The van der Waals surface area contributed by atoms with Crippen molar-refractivity contribution in [3.8, 4) is 0 Å². The van der Waals surface area contributed by atoms with Gasteiger partial charge < -0.3 is 9.90 Å². The largest absolute Gasteiger partial charge is 0.550 e. The molecular formula is C15H15O2-. The fourth-order valence-corrected chi connectivity index (χ4v) is 2.25. The molecule has 0 bridgehead atoms. The highest BCUT2D eigenvalue weighted by Crippen LogP contribution is 2.24. The lowest BCUT2D eigenvalue weighted by Crippen LogP contribution is -2.24. The van der Waals surface area contributed by atoms with Gasteiger partial charge in [-0.2, -0.15) is 0 Å². The van der Waals surface area contributed by atoms with E-state index in [-0.39, 0.29) is 6.42 Å². The third-order valence-electron chi connectivity index (χ3n) is 2.97. The molecule has 0 saturated heterocycles. The Morgan fingerprint density at radius 3 is 2.65 bits per heavy atom. The molecule has 0 spiro atoms. The maximum atomic E-state index is 10.8. The highest BCUT2D eigenvalue weighted by Gasteiger charge is 2.06. The molecule has 0 atom stereocenters. The number of carboxylic acids is 1. The first-order valence-electron chi connectivity index (χ1n) is 5.91. The van der Waals surface area contributed by atoms with Crippen LogP contribution in [0.5, 0.6) is 0 Å². The number of hydrogen-bond acceptors (Lipinski definition) is 2. The SMILES string of the molecule is CCCc1c(CC(=O)[O-])ccc2ccccc12. The molecule has 0 aliphatic rings. The van der Waals surface area contributed by atoms with Crippen LogP contribution in [0.25, 0.3) is 10.8 Å². The van der Waals surface area contributed by atoms with E-state index in [1.54, 1.807) is 0 Å². The van der Waals surface area contributed by atoms with E-state index in [4.69, 9.17) is 0 Å². The highest BCUT2D eigenvalue weighted by molar-refractivity contribution is 5.87. The van der Waals surface area contributed by atoms with Gasteiger partial charge in [-0.3, -0.25) is 0 Å². The van der Waals surface area contributed by atoms with Crippen LogP contribution in [0, 0.1) is 0 Å². The third kappa shape index (κ3) is 2.47. The van der Waals surface area contributed by atoms with Crippen LogP contribution in [0.4, 0.5) is 0 Å². The van der Waals surface area contributed by atoms with Gasteiger partial charge in [0.15, 0.2) is 0 Å². The summed E-state index contributed by atoms with van der Waals surface area (Å²) in [5.41, 5.74) is 2.03. The monoisotopic (exact) mass is 227 g/mol. The lowest BCUT2D eigenvalue weighted by molar-refractivity contribution is -0.304. The summed E-state index contributed by atoms with van der Waals surface area (Å²) in [4.78, 5) is 10.8. The second-order valence-corrected chi connectivity index (χ2v) is 4.22. The molecule has 2 aromatic carbocycles. The van der Waals surface area contributed by atoms with E-state index < -0.39 is 5.97 Å². The van der Waals surface area contributed by atoms with E-state index in [1.807, 2.05) is 24.3 Å². The van der Waals surface area contributed by atoms with E-state index in [2.05, 4.69) is 19.1 Å². The Morgan fingerprint density at radius 2 is 1.94 bits per heavy atom. The van der Waals surface area contributed by atoms with E-state index in [9.17, 15) is 9.90 Å². The van der Waals surface area contributed by atoms with Gasteiger partial charge in [-0.1, -0.05) is 49.7 Å². The van der Waals surface area contributed by atoms with Gasteiger partial charge in [0.25, 0.3) is 0 Å². The van der Waals surface area contributed by atoms with Crippen LogP contribution in [0.3, 0.4) is 0 Å². The van der Waals surface area contributed by atoms with E-state index >= 15 is 0 Å². The van der Waals surface area contributed by atoms with Gasteiger partial charge in [0.05, 0.1) is 0 Å². The van der Waals surface area contributed by atoms with Crippen LogP contribution >= 0.6 is 0 Å². The molecule has 0 saturated carbocycles. The summed E-state index contributed by atoms with van der Waals surface area (Å²) in [7, 11) is 0. The minimum atomic E-state index is -1.02. The fraction of sp³-hybridized carbons (Fsp3) is 0.267. The van der Waals surface area contributed by atoms with Gasteiger partial charge in [0.1, 0.15) is 0 Å². The van der Waals surface area contributed by atoms with Gasteiger partial charge >= 0.3 is 0 Å². The second-order valence-electron chi connectivity index (χ2n) is 4.22. The Kier molecular flexibility index (Phi) is 3.43. The van der Waals surface area contributed by atoms with E-state index in [0.29, 0.717) is 0 Å². The van der Waals surface area contributed by atoms with E-state index in [1.165, 1.54) is 0 Å². The number of carboxylic acid groups (broad SMARTS) is 1. The average molecular weight is 227 g/mol. The molecule has 0 fully saturated rings. The van der Waals surface area contributed by atoms with Crippen LogP contribution in [-0.2, 0) is 17.6 Å². The summed E-state index contributed by atoms with van der Waals surface area (Å²) in [5.74, 6) is -1.02. The first-order chi connectivity index (χ1) is 8.22. The Morgan fingerprint density at radius 1 is 1.18 bits per heavy atom. The topological polar surface area (TPSA) is 40.1 Å². The number of aliphatic carboxylic acids is 1. The van der Waals surface area contributed by atoms with Crippen molar-refractivity contribution in [2.75, 3.05) is 0 Å². The molecule has 0 radical (unpaired) electrons. The molecule has 2 heteroatoms. The van der Waals surface area contributed by atoms with Crippen molar-refractivity contribution in [1.82, 2.24) is 0 Å². The number of rotatable bonds is 4. The van der Waals surface area contributed by atoms with Crippen LogP contribution < -0.4 is 5.11 Å². The summed E-state index contributed by atoms with van der Waals surface area (Å²) in [6, 6.07) is 12.0. The summed E-state index contributed by atoms with van der Waals surface area (Å²) >= 11 is 0. The zero-order valence-corrected chi connectivity index (χ0v) is 9.90. The van der Waals surface area contributed by atoms with Crippen molar-refractivity contribution < 1.29 is 9.90 Å². The Hall–Kier alpha value is -1.83. The highest BCUT2D eigenvalue weighted by atomic mass is 16.4. The smallest absolute Gasteiger partial charge is 0.0458 e. The number of carbonyl (C=O) groups is 1. The van der Waals surface area contributed by atoms with Crippen LogP contribution in [0.1, 0.15) is 24.5 Å². The molecule has 2 aromatic rings. The van der Waals surface area contributed by atoms with E-state index in [0.717, 1.165) is 34.7 Å². The molecule has 88 valence electrons. The predicted molar refractivity (Wildman–Crippen MR) is 66.7 cm³/mol. The number of hydrogen-bond donors (Lipinski definition) is 0. The van der Waals surface area contributed by atoms with Crippen molar-refractivity contribution in [3.63, 3.8) is 0 Å². The van der Waals surface area contributed by atoms with Gasteiger partial charge in [-0.25, -0.2) is 0 Å². The first kappa shape index (κ1) is 11.6. The maximum Gasteiger partial charge on any atom is 0.0458 e. The quantitative estimate of drug-likeness (QED) is 0.802. The number of fused-ring (bicyclic) bond motifs is 1. The summed E-state index contributed by atoms with van der Waals surface area (Å²) in [6.45, 7) is 2.10. The first-order valence-corrected chi connectivity index (χ1v) is 5.91. The molecular weight excluding hydrogens is 212 g/mol. The van der Waals surface area contributed by atoms with Gasteiger partial charge in [0.2, 0.25) is 0 Å². The predicted octanol–water partition coefficient (Wildman–Crippen LogP) is 2.08. The van der Waals surface area contributed by atoms with Crippen molar-refractivity contribution >= 4 is 16.7 Å². The normalized spacial score (nSPS) is 10.6. The number of carbonyl (C=O) groups excluding carboxylic acids is 1. The molecule has 0 amide bonds. The van der Waals surface area contributed by atoms with Gasteiger partial charge in [-0.05, 0) is 28.3 Å². The minimum absolute atomic E-state index is 0.000166. The standard InChI is InChI=1S/C15H16O2/c1-2-5-13-12(10-15(16)17)9-8-11-6-3-4-7-14(11)13/h3-4,6-9H,2,5,10H2,1H3,(H,16,17)/p-1. The molecule has 0 aliphatic carbocycles. The third-order valence-corrected chi connectivity index (χ3v) is 2.97. The van der Waals surface area contributed by atoms with Crippen molar-refractivity contribution in [2.45, 2.75) is 26.2 Å². The molecule has 0 aliphatic heterocycles. The Bertz CT molecular complexity index is 544. The fourth-order valence-electron chi connectivity index (χ4n) is 2.25. The minimum Gasteiger partial charge on any atom is -0.550 e. The van der Waals surface area contributed by atoms with Crippen molar-refractivity contribution in [3.05, 3.63) is 47.5 Å². The lowest BCUT2D eigenvalue weighted by atomic mass is 9.94. The van der Waals surface area contributed by atoms with Gasteiger partial charge in [0, 0.05) is 12.4 Å². The molecule has 0 unspecified atom stereocenters. The van der Waals surface area contributed by atoms with Crippen molar-refractivity contribution in [1.29, 1.82) is 0 Å². The zero-order chi connectivity index (χ0) is 12.3. The summed E-state index contributed by atoms with van der Waals surface area (Å²) < 4.78 is 0. The van der Waals surface area contributed by atoms with Crippen LogP contribution in [0.15, 0.2) is 36.4 Å². The molecule has 2 rings (SSSR count). The lowest BCUT2D eigenvalue weighted by Gasteiger charge is -2.13. The average Bonchev–Trinajstić information content (AvgIpc) is 2.32. The number of benzene rings is 2. The van der Waals surface area contributed by atoms with Crippen molar-refractivity contribution in [2.24, 2.45) is 0 Å². The maximum absolute atomic E-state index is 10.8. The summed E-state index contributed by atoms with van der Waals surface area (Å²) in [5, 5.41) is 13.1. The molecule has 2 nitrogen and oxygen atoms in total. The van der Waals surface area contributed by atoms with Crippen LogP contribution in [0.2, 0.25) is 0 Å². The number of aryl methyl sites for hydroxylation is 1. The summed E-state index contributed by atoms with van der Waals surface area (Å²) in [6.07, 6.45) is 1.91. The molecule has 0 heterocycles.